The summed E-state index contributed by atoms with van der Waals surface area (Å²) in [4.78, 5) is 27.6. The Morgan fingerprint density at radius 2 is 1.59 bits per heavy atom. The number of rotatable bonds is 11. The van der Waals surface area contributed by atoms with E-state index in [1.165, 1.54) is 5.57 Å². The molecule has 9 heteroatoms. The van der Waals surface area contributed by atoms with Crippen LogP contribution in [0.25, 0.3) is 0 Å². The van der Waals surface area contributed by atoms with Gasteiger partial charge in [0.1, 0.15) is 24.1 Å². The summed E-state index contributed by atoms with van der Waals surface area (Å²) in [6, 6.07) is 9.42. The maximum atomic E-state index is 14.1. The van der Waals surface area contributed by atoms with Crippen LogP contribution < -0.4 is 4.74 Å². The van der Waals surface area contributed by atoms with E-state index in [2.05, 4.69) is 92.9 Å². The Bertz CT molecular complexity index is 1360. The molecular formula is C40H64O7Si2. The lowest BCUT2D eigenvalue weighted by atomic mass is 9.59. The summed E-state index contributed by atoms with van der Waals surface area (Å²) in [5.41, 5.74) is -0.784. The zero-order valence-corrected chi connectivity index (χ0v) is 34.8. The topological polar surface area (TPSA) is 80.3 Å². The Labute approximate surface area is 300 Å². The number of carbonyl (C=O) groups excluding carboxylic acids is 2. The first-order valence-electron chi connectivity index (χ1n) is 18.5. The molecule has 0 saturated carbocycles. The number of allylic oxidation sites excluding steroid dienone is 2. The summed E-state index contributed by atoms with van der Waals surface area (Å²) >= 11 is 0. The number of fused-ring (bicyclic) bond motifs is 1. The van der Waals surface area contributed by atoms with Crippen molar-refractivity contribution in [2.45, 2.75) is 144 Å². The van der Waals surface area contributed by atoms with Crippen molar-refractivity contribution in [1.29, 1.82) is 0 Å². The molecule has 1 aromatic carbocycles. The van der Waals surface area contributed by atoms with Gasteiger partial charge in [-0.15, -0.1) is 0 Å². The van der Waals surface area contributed by atoms with Gasteiger partial charge in [-0.25, -0.2) is 9.59 Å². The monoisotopic (exact) mass is 712 g/mol. The number of para-hydroxylation sites is 1. The van der Waals surface area contributed by atoms with Crippen molar-refractivity contribution in [3.63, 3.8) is 0 Å². The molecule has 1 fully saturated rings. The van der Waals surface area contributed by atoms with Crippen molar-refractivity contribution in [3.05, 3.63) is 54.1 Å². The smallest absolute Gasteiger partial charge is 0.350 e. The molecule has 0 spiro atoms. The van der Waals surface area contributed by atoms with Crippen molar-refractivity contribution in [2.24, 2.45) is 34.5 Å². The van der Waals surface area contributed by atoms with Crippen molar-refractivity contribution in [2.75, 3.05) is 0 Å². The minimum Gasteiger partial charge on any atom is -0.476 e. The molecule has 1 heterocycles. The van der Waals surface area contributed by atoms with Crippen LogP contribution in [-0.4, -0.2) is 59.5 Å². The second-order valence-corrected chi connectivity index (χ2v) is 22.6. The van der Waals surface area contributed by atoms with Crippen LogP contribution in [0.15, 0.2) is 54.1 Å². The molecule has 1 saturated heterocycles. The Morgan fingerprint density at radius 3 is 2.16 bits per heavy atom. The van der Waals surface area contributed by atoms with Crippen LogP contribution in [0.5, 0.6) is 5.75 Å². The predicted octanol–water partition coefficient (Wildman–Crippen LogP) is 8.44. The number of benzene rings is 1. The summed E-state index contributed by atoms with van der Waals surface area (Å²) in [5.74, 6) is 0.160. The first-order valence-corrected chi connectivity index (χ1v) is 24.1. The number of esters is 2. The molecule has 7 nitrogen and oxygen atoms in total. The number of hydrogen-bond donors (Lipinski definition) is 0. The van der Waals surface area contributed by atoms with Crippen molar-refractivity contribution in [3.8, 4) is 5.75 Å². The van der Waals surface area contributed by atoms with E-state index in [0.29, 0.717) is 25.0 Å². The molecule has 0 bridgehead atoms. The third-order valence-electron chi connectivity index (χ3n) is 10.7. The first-order chi connectivity index (χ1) is 22.6. The minimum atomic E-state index is -1.61. The Hall–Kier alpha value is -2.21. The lowest BCUT2D eigenvalue weighted by molar-refractivity contribution is -0.181. The Morgan fingerprint density at radius 1 is 0.939 bits per heavy atom. The summed E-state index contributed by atoms with van der Waals surface area (Å²) < 4.78 is 32.5. The Kier molecular flexibility index (Phi) is 12.3. The fourth-order valence-electron chi connectivity index (χ4n) is 8.01. The molecule has 0 radical (unpaired) electrons. The van der Waals surface area contributed by atoms with Crippen LogP contribution >= 0.6 is 0 Å². The molecule has 1 aromatic rings. The fraction of sp³-hybridized carbons (Fsp3) is 0.700. The maximum absolute atomic E-state index is 14.1. The highest BCUT2D eigenvalue weighted by Gasteiger charge is 2.55. The Balaban J connectivity index is 1.70. The molecule has 274 valence electrons. The summed E-state index contributed by atoms with van der Waals surface area (Å²) in [6.07, 6.45) is 8.53. The summed E-state index contributed by atoms with van der Waals surface area (Å²) in [7, 11) is -3.07. The van der Waals surface area contributed by atoms with Crippen molar-refractivity contribution < 1.29 is 32.7 Å². The third-order valence-corrected chi connectivity index (χ3v) is 12.5. The van der Waals surface area contributed by atoms with Gasteiger partial charge in [0.2, 0.25) is 0 Å². The van der Waals surface area contributed by atoms with Gasteiger partial charge in [0.05, 0.1) is 5.60 Å². The van der Waals surface area contributed by atoms with Crippen LogP contribution in [0.1, 0.15) is 88.0 Å². The van der Waals surface area contributed by atoms with Gasteiger partial charge in [-0.2, -0.15) is 0 Å². The second kappa shape index (κ2) is 15.2. The van der Waals surface area contributed by atoms with Crippen LogP contribution in [0, 0.1) is 34.5 Å². The fourth-order valence-corrected chi connectivity index (χ4v) is 10.3. The van der Waals surface area contributed by atoms with E-state index in [1.807, 2.05) is 30.3 Å². The van der Waals surface area contributed by atoms with Gasteiger partial charge in [0, 0.05) is 17.8 Å². The van der Waals surface area contributed by atoms with E-state index in [4.69, 9.17) is 23.1 Å². The van der Waals surface area contributed by atoms with Gasteiger partial charge >= 0.3 is 11.9 Å². The minimum absolute atomic E-state index is 0.0262. The van der Waals surface area contributed by atoms with E-state index in [1.54, 1.807) is 13.8 Å². The van der Waals surface area contributed by atoms with Gasteiger partial charge in [-0.3, -0.25) is 0 Å². The van der Waals surface area contributed by atoms with Crippen LogP contribution in [0.2, 0.25) is 26.2 Å². The quantitative estimate of drug-likeness (QED) is 0.168. The molecule has 0 N–H and O–H groups in total. The van der Waals surface area contributed by atoms with Gasteiger partial charge in [0.25, 0.3) is 0 Å². The molecule has 49 heavy (non-hydrogen) atoms. The maximum Gasteiger partial charge on any atom is 0.350 e. The van der Waals surface area contributed by atoms with Crippen LogP contribution in [0.4, 0.5) is 0 Å². The van der Waals surface area contributed by atoms with Gasteiger partial charge in [-0.05, 0) is 100 Å². The van der Waals surface area contributed by atoms with Crippen molar-refractivity contribution in [1.82, 2.24) is 0 Å². The molecule has 8 atom stereocenters. The van der Waals surface area contributed by atoms with E-state index >= 15 is 0 Å². The average molecular weight is 713 g/mol. The molecule has 0 amide bonds. The largest absolute Gasteiger partial charge is 0.476 e. The first kappa shape index (κ1) is 39.6. The molecule has 1 unspecified atom stereocenters. The lowest BCUT2D eigenvalue weighted by Crippen LogP contribution is -2.58. The van der Waals surface area contributed by atoms with Gasteiger partial charge < -0.3 is 23.1 Å². The van der Waals surface area contributed by atoms with E-state index in [-0.39, 0.29) is 52.5 Å². The summed E-state index contributed by atoms with van der Waals surface area (Å²) in [5, 5.41) is 0. The number of ether oxygens (including phenoxy) is 3. The standard InChI is InChI=1S/C40H64O7Si2/c1-26-19-20-27-23-28(37(2,3)4)24-32(44-36(42)39(8,9)45-29-17-15-14-16-18-29)33(27)40(26,47-49(12)13)22-21-30-25-31(38(5,6)7)34(35(41)43-30)46-48(10)11/h14-20,23,26,28,30-34,48-49H,21-22,24-25H2,1-13H3/t26-,28+,30+,31-,32-,33+,34?,40-/m0/s1. The predicted molar refractivity (Wildman–Crippen MR) is 202 cm³/mol. The normalized spacial score (nSPS) is 30.9. The number of carbonyl (C=O) groups is 2. The van der Waals surface area contributed by atoms with Crippen LogP contribution in [0.3, 0.4) is 0 Å². The zero-order chi connectivity index (χ0) is 36.5. The highest BCUT2D eigenvalue weighted by Crippen LogP contribution is 2.53. The van der Waals surface area contributed by atoms with Crippen molar-refractivity contribution >= 4 is 30.0 Å². The molecule has 0 aromatic heterocycles. The third kappa shape index (κ3) is 9.37. The molecule has 1 aliphatic heterocycles. The average Bonchev–Trinajstić information content (AvgIpc) is 2.97. The highest BCUT2D eigenvalue weighted by molar-refractivity contribution is 6.49. The van der Waals surface area contributed by atoms with Crippen LogP contribution in [-0.2, 0) is 27.9 Å². The molecule has 3 aliphatic rings. The van der Waals surface area contributed by atoms with E-state index in [9.17, 15) is 9.59 Å². The van der Waals surface area contributed by atoms with Gasteiger partial charge in [-0.1, -0.05) is 84.9 Å². The van der Waals surface area contributed by atoms with E-state index < -0.39 is 41.5 Å². The molecular weight excluding hydrogens is 649 g/mol. The molecule has 4 rings (SSSR count). The highest BCUT2D eigenvalue weighted by atomic mass is 28.3. The van der Waals surface area contributed by atoms with Gasteiger partial charge in [0.15, 0.2) is 23.7 Å². The van der Waals surface area contributed by atoms with E-state index in [0.717, 1.165) is 6.42 Å². The zero-order valence-electron chi connectivity index (χ0n) is 32.5. The number of hydrogen-bond acceptors (Lipinski definition) is 7. The number of cyclic esters (lactones) is 1. The SMILES string of the molecule is C[C@H]1C=CC2=C[C@@H](C(C)(C)C)C[C@H](OC(=O)C(C)(C)Oc3ccccc3)[C@@H]2[C@@]1(CC[C@@H]1C[C@H](C(C)(C)C)C(O[SiH](C)C)C(=O)O1)O[SiH](C)C. The second-order valence-electron chi connectivity index (χ2n) is 17.9. The molecule has 2 aliphatic carbocycles. The lowest BCUT2D eigenvalue weighted by Gasteiger charge is -2.54. The summed E-state index contributed by atoms with van der Waals surface area (Å²) in [6.45, 7) is 27.7.